The van der Waals surface area contributed by atoms with Gasteiger partial charge in [0.1, 0.15) is 5.75 Å². The summed E-state index contributed by atoms with van der Waals surface area (Å²) in [5, 5.41) is 9.39. The summed E-state index contributed by atoms with van der Waals surface area (Å²) in [6, 6.07) is 7.32. The summed E-state index contributed by atoms with van der Waals surface area (Å²) in [7, 11) is 0. The van der Waals surface area contributed by atoms with Crippen molar-refractivity contribution in [3.05, 3.63) is 28.8 Å². The van der Waals surface area contributed by atoms with Crippen LogP contribution in [0.4, 0.5) is 0 Å². The Morgan fingerprint density at radius 3 is 2.52 bits per heavy atom. The first kappa shape index (κ1) is 18.1. The summed E-state index contributed by atoms with van der Waals surface area (Å²) in [6.07, 6.45) is 12.2. The average Bonchev–Trinajstić information content (AvgIpc) is 2.58. The third-order valence-corrected chi connectivity index (χ3v) is 5.26. The highest BCUT2D eigenvalue weighted by Gasteiger charge is 2.21. The minimum absolute atomic E-state index is 0.536. The van der Waals surface area contributed by atoms with E-state index >= 15 is 0 Å². The maximum absolute atomic E-state index is 8.85. The van der Waals surface area contributed by atoms with Gasteiger partial charge in [-0.05, 0) is 42.9 Å². The van der Waals surface area contributed by atoms with Gasteiger partial charge in [-0.3, -0.25) is 0 Å². The minimum Gasteiger partial charge on any atom is -0.492 e. The highest BCUT2D eigenvalue weighted by atomic mass is 35.5. The molecule has 1 aromatic rings. The number of rotatable bonds is 8. The summed E-state index contributed by atoms with van der Waals surface area (Å²) < 4.78 is 5.88. The second-order valence-electron chi connectivity index (χ2n) is 6.80. The van der Waals surface area contributed by atoms with E-state index in [4.69, 9.17) is 21.6 Å². The quantitative estimate of drug-likeness (QED) is 0.518. The van der Waals surface area contributed by atoms with Crippen LogP contribution in [-0.4, -0.2) is 6.61 Å². The molecule has 0 heterocycles. The molecule has 0 atom stereocenters. The monoisotopic (exact) mass is 333 g/mol. The number of unbranched alkanes of at least 4 members (excludes halogenated alkanes) is 3. The van der Waals surface area contributed by atoms with Gasteiger partial charge in [0.15, 0.2) is 0 Å². The molecule has 2 rings (SSSR count). The lowest BCUT2D eigenvalue weighted by Gasteiger charge is -2.28. The molecule has 1 aliphatic rings. The van der Waals surface area contributed by atoms with Gasteiger partial charge in [-0.1, -0.05) is 63.5 Å². The molecule has 1 aromatic carbocycles. The van der Waals surface area contributed by atoms with E-state index in [0.29, 0.717) is 22.3 Å². The molecule has 0 bridgehead atoms. The molecular formula is C20H28ClNO. The number of nitrogens with zero attached hydrogens (tertiary/aromatic N) is 1. The third kappa shape index (κ3) is 6.07. The molecular weight excluding hydrogens is 306 g/mol. The standard InChI is InChI=1S/C20H28ClNO/c1-2-3-4-5-6-16-7-9-17(10-8-16)15-23-20-12-11-18(14-22)13-19(20)21/h11-13,16-17H,2-10,15H2,1H3/t16-,17-. The Hall–Kier alpha value is -1.20. The second kappa shape index (κ2) is 9.83. The first-order chi connectivity index (χ1) is 11.2. The lowest BCUT2D eigenvalue weighted by atomic mass is 9.80. The van der Waals surface area contributed by atoms with Crippen LogP contribution in [0.1, 0.15) is 70.3 Å². The number of halogens is 1. The molecule has 1 saturated carbocycles. The Kier molecular flexibility index (Phi) is 7.76. The van der Waals surface area contributed by atoms with Crippen molar-refractivity contribution < 1.29 is 4.74 Å². The Balaban J connectivity index is 1.68. The van der Waals surface area contributed by atoms with Gasteiger partial charge >= 0.3 is 0 Å². The summed E-state index contributed by atoms with van der Waals surface area (Å²) in [5.74, 6) is 2.28. The maximum Gasteiger partial charge on any atom is 0.137 e. The van der Waals surface area contributed by atoms with Crippen LogP contribution in [0.5, 0.6) is 5.75 Å². The fourth-order valence-electron chi connectivity index (χ4n) is 3.44. The molecule has 1 fully saturated rings. The van der Waals surface area contributed by atoms with Gasteiger partial charge in [0.25, 0.3) is 0 Å². The predicted octanol–water partition coefficient (Wildman–Crippen LogP) is 6.37. The normalized spacial score (nSPS) is 20.9. The van der Waals surface area contributed by atoms with Gasteiger partial charge in [0.2, 0.25) is 0 Å². The largest absolute Gasteiger partial charge is 0.492 e. The summed E-state index contributed by atoms with van der Waals surface area (Å²) in [6.45, 7) is 3.01. The fourth-order valence-corrected chi connectivity index (χ4v) is 3.68. The van der Waals surface area contributed by atoms with Crippen LogP contribution < -0.4 is 4.74 Å². The first-order valence-electron chi connectivity index (χ1n) is 9.05. The zero-order valence-electron chi connectivity index (χ0n) is 14.2. The number of hydrogen-bond acceptors (Lipinski definition) is 2. The lowest BCUT2D eigenvalue weighted by molar-refractivity contribution is 0.177. The van der Waals surface area contributed by atoms with Crippen molar-refractivity contribution >= 4 is 11.6 Å². The van der Waals surface area contributed by atoms with Crippen molar-refractivity contribution in [3.63, 3.8) is 0 Å². The van der Waals surface area contributed by atoms with Crippen LogP contribution in [0.2, 0.25) is 5.02 Å². The maximum atomic E-state index is 8.85. The number of ether oxygens (including phenoxy) is 1. The van der Waals surface area contributed by atoms with Crippen LogP contribution in [0, 0.1) is 23.2 Å². The van der Waals surface area contributed by atoms with Gasteiger partial charge in [0, 0.05) is 0 Å². The van der Waals surface area contributed by atoms with Crippen LogP contribution >= 0.6 is 11.6 Å². The van der Waals surface area contributed by atoms with E-state index in [1.54, 1.807) is 18.2 Å². The van der Waals surface area contributed by atoms with Crippen LogP contribution in [0.3, 0.4) is 0 Å². The Bertz CT molecular complexity index is 515. The SMILES string of the molecule is CCCCCC[C@H]1CC[C@H](COc2ccc(C#N)cc2Cl)CC1. The van der Waals surface area contributed by atoms with Gasteiger partial charge < -0.3 is 4.74 Å². The zero-order chi connectivity index (χ0) is 16.5. The van der Waals surface area contributed by atoms with Crippen molar-refractivity contribution in [2.45, 2.75) is 64.7 Å². The summed E-state index contributed by atoms with van der Waals surface area (Å²) >= 11 is 6.16. The molecule has 0 N–H and O–H groups in total. The zero-order valence-corrected chi connectivity index (χ0v) is 14.9. The summed E-state index contributed by atoms with van der Waals surface area (Å²) in [5.41, 5.74) is 0.575. The van der Waals surface area contributed by atoms with Crippen LogP contribution in [0.15, 0.2) is 18.2 Å². The van der Waals surface area contributed by atoms with E-state index in [9.17, 15) is 0 Å². The molecule has 23 heavy (non-hydrogen) atoms. The minimum atomic E-state index is 0.536. The van der Waals surface area contributed by atoms with E-state index in [-0.39, 0.29) is 0 Å². The Morgan fingerprint density at radius 1 is 1.13 bits per heavy atom. The first-order valence-corrected chi connectivity index (χ1v) is 9.43. The highest BCUT2D eigenvalue weighted by Crippen LogP contribution is 2.33. The topological polar surface area (TPSA) is 33.0 Å². The van der Waals surface area contributed by atoms with Crippen molar-refractivity contribution in [3.8, 4) is 11.8 Å². The summed E-state index contributed by atoms with van der Waals surface area (Å²) in [4.78, 5) is 0. The predicted molar refractivity (Wildman–Crippen MR) is 95.9 cm³/mol. The molecule has 0 aliphatic heterocycles. The molecule has 0 spiro atoms. The lowest BCUT2D eigenvalue weighted by Crippen LogP contribution is -2.20. The van der Waals surface area contributed by atoms with Crippen molar-refractivity contribution in [1.82, 2.24) is 0 Å². The highest BCUT2D eigenvalue weighted by molar-refractivity contribution is 6.32. The molecule has 3 heteroatoms. The molecule has 0 amide bonds. The van der Waals surface area contributed by atoms with E-state index in [1.165, 1.54) is 57.8 Å². The smallest absolute Gasteiger partial charge is 0.137 e. The number of benzene rings is 1. The van der Waals surface area contributed by atoms with Crippen LogP contribution in [-0.2, 0) is 0 Å². The van der Waals surface area contributed by atoms with Gasteiger partial charge in [-0.25, -0.2) is 0 Å². The molecule has 0 radical (unpaired) electrons. The van der Waals surface area contributed by atoms with E-state index in [2.05, 4.69) is 13.0 Å². The molecule has 126 valence electrons. The molecule has 1 aliphatic carbocycles. The number of hydrogen-bond donors (Lipinski definition) is 0. The van der Waals surface area contributed by atoms with Gasteiger partial charge in [-0.2, -0.15) is 5.26 Å². The Labute approximate surface area is 145 Å². The third-order valence-electron chi connectivity index (χ3n) is 4.97. The van der Waals surface area contributed by atoms with Gasteiger partial charge in [-0.15, -0.1) is 0 Å². The molecule has 0 unspecified atom stereocenters. The fraction of sp³-hybridized carbons (Fsp3) is 0.650. The van der Waals surface area contributed by atoms with Crippen molar-refractivity contribution in [1.29, 1.82) is 5.26 Å². The molecule has 0 saturated heterocycles. The van der Waals surface area contributed by atoms with Crippen molar-refractivity contribution in [2.24, 2.45) is 11.8 Å². The van der Waals surface area contributed by atoms with Crippen molar-refractivity contribution in [2.75, 3.05) is 6.61 Å². The van der Waals surface area contributed by atoms with Crippen LogP contribution in [0.25, 0.3) is 0 Å². The average molecular weight is 334 g/mol. The van der Waals surface area contributed by atoms with E-state index in [0.717, 1.165) is 12.5 Å². The van der Waals surface area contributed by atoms with E-state index < -0.39 is 0 Å². The second-order valence-corrected chi connectivity index (χ2v) is 7.21. The number of nitriles is 1. The van der Waals surface area contributed by atoms with Gasteiger partial charge in [0.05, 0.1) is 23.3 Å². The van der Waals surface area contributed by atoms with E-state index in [1.807, 2.05) is 0 Å². The molecule has 0 aromatic heterocycles. The molecule has 2 nitrogen and oxygen atoms in total. The Morgan fingerprint density at radius 2 is 1.87 bits per heavy atom.